The molecule has 2 heterocycles. The third-order valence-electron chi connectivity index (χ3n) is 4.06. The number of nitrogens with zero attached hydrogens (tertiary/aromatic N) is 2. The number of hydrogen-bond acceptors (Lipinski definition) is 6. The Kier molecular flexibility index (Phi) is 5.87. The van der Waals surface area contributed by atoms with Crippen molar-refractivity contribution in [2.24, 2.45) is 5.73 Å². The van der Waals surface area contributed by atoms with Gasteiger partial charge in [-0.3, -0.25) is 4.79 Å². The molecule has 0 atom stereocenters. The molecule has 1 aromatic carbocycles. The molecule has 0 radical (unpaired) electrons. The molecule has 8 nitrogen and oxygen atoms in total. The summed E-state index contributed by atoms with van der Waals surface area (Å²) in [7, 11) is 0. The van der Waals surface area contributed by atoms with Crippen LogP contribution in [0.1, 0.15) is 21.6 Å². The maximum atomic E-state index is 12.3. The van der Waals surface area contributed by atoms with Gasteiger partial charge in [0.15, 0.2) is 0 Å². The van der Waals surface area contributed by atoms with E-state index in [1.807, 2.05) is 13.0 Å². The van der Waals surface area contributed by atoms with Gasteiger partial charge in [0, 0.05) is 37.0 Å². The van der Waals surface area contributed by atoms with Crippen molar-refractivity contribution in [1.29, 1.82) is 0 Å². The van der Waals surface area contributed by atoms with Crippen LogP contribution in [0.15, 0.2) is 36.4 Å². The zero-order valence-electron chi connectivity index (χ0n) is 15.1. The van der Waals surface area contributed by atoms with Gasteiger partial charge in [0.2, 0.25) is 5.88 Å². The van der Waals surface area contributed by atoms with Crippen molar-refractivity contribution in [3.8, 4) is 11.6 Å². The molecule has 1 aliphatic rings. The number of carbonyl (C=O) groups excluding carboxylic acids is 2. The van der Waals surface area contributed by atoms with Gasteiger partial charge in [0.1, 0.15) is 12.4 Å². The number of amides is 2. The lowest BCUT2D eigenvalue weighted by Gasteiger charge is -2.13. The Morgan fingerprint density at radius 3 is 2.96 bits per heavy atom. The Hall–Kier alpha value is -3.13. The fourth-order valence-corrected chi connectivity index (χ4v) is 2.73. The third-order valence-corrected chi connectivity index (χ3v) is 4.06. The molecule has 1 aliphatic heterocycles. The number of pyridine rings is 1. The van der Waals surface area contributed by atoms with Crippen molar-refractivity contribution >= 4 is 12.0 Å². The van der Waals surface area contributed by atoms with Gasteiger partial charge in [-0.05, 0) is 36.8 Å². The molecule has 0 saturated carbocycles. The Balaban J connectivity index is 1.60. The van der Waals surface area contributed by atoms with Crippen molar-refractivity contribution in [2.75, 3.05) is 26.2 Å². The summed E-state index contributed by atoms with van der Waals surface area (Å²) in [4.78, 5) is 29.6. The molecule has 1 fully saturated rings. The molecule has 2 amide bonds. The zero-order chi connectivity index (χ0) is 19.2. The lowest BCUT2D eigenvalue weighted by molar-refractivity contribution is 0.0948. The van der Waals surface area contributed by atoms with E-state index in [9.17, 15) is 9.59 Å². The monoisotopic (exact) mass is 370 g/mol. The average molecular weight is 370 g/mol. The highest BCUT2D eigenvalue weighted by molar-refractivity contribution is 5.94. The molecule has 8 heteroatoms. The molecule has 3 N–H and O–H groups in total. The van der Waals surface area contributed by atoms with Crippen LogP contribution in [0.4, 0.5) is 4.79 Å². The van der Waals surface area contributed by atoms with E-state index in [1.54, 1.807) is 35.2 Å². The van der Waals surface area contributed by atoms with Gasteiger partial charge in [-0.2, -0.15) is 0 Å². The van der Waals surface area contributed by atoms with E-state index in [1.165, 1.54) is 0 Å². The number of aryl methyl sites for hydroxylation is 1. The number of rotatable bonds is 7. The highest BCUT2D eigenvalue weighted by atomic mass is 16.6. The Labute approximate surface area is 157 Å². The normalized spacial score (nSPS) is 13.4. The van der Waals surface area contributed by atoms with E-state index in [0.29, 0.717) is 50.0 Å². The van der Waals surface area contributed by atoms with Crippen LogP contribution in [-0.2, 0) is 11.3 Å². The molecule has 0 unspecified atom stereocenters. The second-order valence-corrected chi connectivity index (χ2v) is 6.15. The van der Waals surface area contributed by atoms with E-state index in [4.69, 9.17) is 15.2 Å². The second-order valence-electron chi connectivity index (χ2n) is 6.15. The summed E-state index contributed by atoms with van der Waals surface area (Å²) in [5.41, 5.74) is 7.87. The minimum absolute atomic E-state index is 0.243. The van der Waals surface area contributed by atoms with Crippen LogP contribution in [0, 0.1) is 6.92 Å². The highest BCUT2D eigenvalue weighted by Crippen LogP contribution is 2.22. The second kappa shape index (κ2) is 8.50. The van der Waals surface area contributed by atoms with Crippen LogP contribution in [0.2, 0.25) is 0 Å². The van der Waals surface area contributed by atoms with Gasteiger partial charge in [-0.1, -0.05) is 6.07 Å². The molecule has 0 aliphatic carbocycles. The first-order chi connectivity index (χ1) is 13.0. The van der Waals surface area contributed by atoms with Gasteiger partial charge in [0.25, 0.3) is 5.91 Å². The van der Waals surface area contributed by atoms with Crippen molar-refractivity contribution in [2.45, 2.75) is 13.5 Å². The summed E-state index contributed by atoms with van der Waals surface area (Å²) in [6, 6.07) is 10.5. The molecule has 27 heavy (non-hydrogen) atoms. The SMILES string of the molecule is Cc1cc(CN)cc(Oc2cccc(C(=O)NCCN3CCOC3=O)c2)n1. The van der Waals surface area contributed by atoms with Gasteiger partial charge in [-0.15, -0.1) is 0 Å². The Bertz CT molecular complexity index is 840. The van der Waals surface area contributed by atoms with Crippen LogP contribution < -0.4 is 15.8 Å². The first kappa shape index (κ1) is 18.7. The van der Waals surface area contributed by atoms with Gasteiger partial charge in [0.05, 0.1) is 6.54 Å². The lowest BCUT2D eigenvalue weighted by atomic mass is 10.2. The standard InChI is InChI=1S/C19H22N4O4/c1-13-9-14(12-20)10-17(22-13)27-16-4-2-3-15(11-16)18(24)21-5-6-23-7-8-26-19(23)25/h2-4,9-11H,5-8,12,20H2,1H3,(H,21,24). The predicted molar refractivity (Wildman–Crippen MR) is 98.6 cm³/mol. The number of benzene rings is 1. The van der Waals surface area contributed by atoms with E-state index < -0.39 is 0 Å². The molecule has 0 spiro atoms. The van der Waals surface area contributed by atoms with Crippen LogP contribution in [0.3, 0.4) is 0 Å². The predicted octanol–water partition coefficient (Wildman–Crippen LogP) is 1.82. The smallest absolute Gasteiger partial charge is 0.409 e. The van der Waals surface area contributed by atoms with Crippen molar-refractivity contribution < 1.29 is 19.1 Å². The topological polar surface area (TPSA) is 107 Å². The van der Waals surface area contributed by atoms with E-state index >= 15 is 0 Å². The summed E-state index contributed by atoms with van der Waals surface area (Å²) < 4.78 is 10.6. The minimum Gasteiger partial charge on any atom is -0.448 e. The first-order valence-corrected chi connectivity index (χ1v) is 8.70. The number of ether oxygens (including phenoxy) is 2. The summed E-state index contributed by atoms with van der Waals surface area (Å²) >= 11 is 0. The number of aromatic nitrogens is 1. The first-order valence-electron chi connectivity index (χ1n) is 8.70. The van der Waals surface area contributed by atoms with Gasteiger partial charge in [-0.25, -0.2) is 9.78 Å². The molecule has 1 aromatic heterocycles. The summed E-state index contributed by atoms with van der Waals surface area (Å²) in [5, 5.41) is 2.79. The summed E-state index contributed by atoms with van der Waals surface area (Å²) in [6.45, 7) is 3.96. The molecular weight excluding hydrogens is 348 g/mol. The van der Waals surface area contributed by atoms with Crippen molar-refractivity contribution in [1.82, 2.24) is 15.2 Å². The number of hydrogen-bond donors (Lipinski definition) is 2. The Morgan fingerprint density at radius 2 is 2.22 bits per heavy atom. The fraction of sp³-hybridized carbons (Fsp3) is 0.316. The number of carbonyl (C=O) groups is 2. The molecule has 3 rings (SSSR count). The lowest BCUT2D eigenvalue weighted by Crippen LogP contribution is -2.35. The van der Waals surface area contributed by atoms with Crippen LogP contribution in [0.25, 0.3) is 0 Å². The molecular formula is C19H22N4O4. The molecule has 1 saturated heterocycles. The van der Waals surface area contributed by atoms with E-state index in [0.717, 1.165) is 11.3 Å². The quantitative estimate of drug-likeness (QED) is 0.770. The number of nitrogens with one attached hydrogen (secondary N) is 1. The minimum atomic E-state index is -0.345. The van der Waals surface area contributed by atoms with Crippen LogP contribution in [0.5, 0.6) is 11.6 Å². The molecule has 142 valence electrons. The van der Waals surface area contributed by atoms with E-state index in [-0.39, 0.29) is 12.0 Å². The number of nitrogens with two attached hydrogens (primary N) is 1. The summed E-state index contributed by atoms with van der Waals surface area (Å²) in [6.07, 6.45) is -0.345. The van der Waals surface area contributed by atoms with Gasteiger partial charge >= 0.3 is 6.09 Å². The third kappa shape index (κ3) is 4.95. The Morgan fingerprint density at radius 1 is 1.37 bits per heavy atom. The largest absolute Gasteiger partial charge is 0.448 e. The number of cyclic esters (lactones) is 1. The average Bonchev–Trinajstić information content (AvgIpc) is 3.06. The van der Waals surface area contributed by atoms with Crippen LogP contribution in [-0.4, -0.2) is 48.1 Å². The van der Waals surface area contributed by atoms with Gasteiger partial charge < -0.3 is 25.4 Å². The summed E-state index contributed by atoms with van der Waals surface area (Å²) in [5.74, 6) is 0.695. The van der Waals surface area contributed by atoms with E-state index in [2.05, 4.69) is 10.3 Å². The maximum absolute atomic E-state index is 12.3. The van der Waals surface area contributed by atoms with Crippen molar-refractivity contribution in [3.05, 3.63) is 53.2 Å². The molecule has 2 aromatic rings. The molecule has 0 bridgehead atoms. The van der Waals surface area contributed by atoms with Crippen LogP contribution >= 0.6 is 0 Å². The van der Waals surface area contributed by atoms with Crippen molar-refractivity contribution in [3.63, 3.8) is 0 Å². The zero-order valence-corrected chi connectivity index (χ0v) is 15.1. The fourth-order valence-electron chi connectivity index (χ4n) is 2.73. The highest BCUT2D eigenvalue weighted by Gasteiger charge is 2.21. The maximum Gasteiger partial charge on any atom is 0.409 e.